The summed E-state index contributed by atoms with van der Waals surface area (Å²) < 4.78 is 6.34. The highest BCUT2D eigenvalue weighted by atomic mass is 32.1. The molecule has 0 aliphatic heterocycles. The maximum Gasteiger partial charge on any atom is 0.224 e. The summed E-state index contributed by atoms with van der Waals surface area (Å²) in [5.74, 6) is 0.0545. The highest BCUT2D eigenvalue weighted by molar-refractivity contribution is 7.18. The molecule has 1 amide bonds. The third-order valence-electron chi connectivity index (χ3n) is 3.90. The second-order valence-corrected chi connectivity index (χ2v) is 7.08. The first kappa shape index (κ1) is 17.6. The Hall–Kier alpha value is -2.24. The van der Waals surface area contributed by atoms with Crippen LogP contribution in [0.5, 0.6) is 0 Å². The number of unbranched alkanes of at least 4 members (excludes halogenated alkanes) is 1. The second-order valence-electron chi connectivity index (χ2n) is 5.96. The van der Waals surface area contributed by atoms with Crippen molar-refractivity contribution in [2.24, 2.45) is 0 Å². The Kier molecular flexibility index (Phi) is 6.14. The van der Waals surface area contributed by atoms with E-state index in [1.54, 1.807) is 18.4 Å². The zero-order chi connectivity index (χ0) is 17.5. The molecule has 3 rings (SSSR count). The summed E-state index contributed by atoms with van der Waals surface area (Å²) in [6.45, 7) is 0.547. The predicted octanol–water partition coefficient (Wildman–Crippen LogP) is 4.79. The summed E-state index contributed by atoms with van der Waals surface area (Å²) in [6, 6.07) is 15.9. The van der Waals surface area contributed by atoms with Crippen LogP contribution < -0.4 is 5.32 Å². The zero-order valence-corrected chi connectivity index (χ0v) is 15.1. The summed E-state index contributed by atoms with van der Waals surface area (Å²) in [6.07, 6.45) is 3.28. The number of thiazole rings is 1. The molecule has 0 saturated carbocycles. The lowest BCUT2D eigenvalue weighted by molar-refractivity contribution is -0.116. The van der Waals surface area contributed by atoms with Gasteiger partial charge in [-0.3, -0.25) is 4.79 Å². The molecule has 5 heteroatoms. The topological polar surface area (TPSA) is 51.2 Å². The number of nitrogens with one attached hydrogen (secondary N) is 1. The normalized spacial score (nSPS) is 10.9. The molecular formula is C20H22N2O2S. The van der Waals surface area contributed by atoms with Gasteiger partial charge in [0.15, 0.2) is 0 Å². The fourth-order valence-electron chi connectivity index (χ4n) is 2.72. The first-order valence-electron chi connectivity index (χ1n) is 8.47. The van der Waals surface area contributed by atoms with Gasteiger partial charge in [-0.1, -0.05) is 24.3 Å². The van der Waals surface area contributed by atoms with Crippen LogP contribution in [0.25, 0.3) is 10.2 Å². The van der Waals surface area contributed by atoms with Crippen LogP contribution >= 0.6 is 11.3 Å². The SMILES string of the molecule is COCc1cccc(NC(=O)CCCCc2nc3ccccc3s2)c1. The maximum atomic E-state index is 12.1. The van der Waals surface area contributed by atoms with Gasteiger partial charge in [-0.05, 0) is 49.1 Å². The van der Waals surface area contributed by atoms with E-state index in [-0.39, 0.29) is 5.91 Å². The van der Waals surface area contributed by atoms with E-state index in [9.17, 15) is 4.79 Å². The summed E-state index contributed by atoms with van der Waals surface area (Å²) in [4.78, 5) is 16.7. The molecule has 0 unspecified atom stereocenters. The molecule has 130 valence electrons. The molecule has 2 aromatic carbocycles. The Balaban J connectivity index is 1.42. The standard InChI is InChI=1S/C20H22N2O2S/c1-24-14-15-7-6-8-16(13-15)21-19(23)11-4-5-12-20-22-17-9-2-3-10-18(17)25-20/h2-3,6-10,13H,4-5,11-12,14H2,1H3,(H,21,23). The Morgan fingerprint density at radius 3 is 2.88 bits per heavy atom. The number of amides is 1. The van der Waals surface area contributed by atoms with Crippen molar-refractivity contribution in [1.29, 1.82) is 0 Å². The minimum Gasteiger partial charge on any atom is -0.380 e. The number of fused-ring (bicyclic) bond motifs is 1. The number of para-hydroxylation sites is 1. The summed E-state index contributed by atoms with van der Waals surface area (Å²) in [5.41, 5.74) is 2.94. The van der Waals surface area contributed by atoms with E-state index in [0.717, 1.165) is 41.0 Å². The number of methoxy groups -OCH3 is 1. The number of aromatic nitrogens is 1. The number of hydrogen-bond acceptors (Lipinski definition) is 4. The summed E-state index contributed by atoms with van der Waals surface area (Å²) >= 11 is 1.74. The van der Waals surface area contributed by atoms with E-state index in [1.165, 1.54) is 4.70 Å². The first-order valence-corrected chi connectivity index (χ1v) is 9.28. The van der Waals surface area contributed by atoms with E-state index in [2.05, 4.69) is 16.4 Å². The number of aryl methyl sites for hydroxylation is 1. The molecule has 1 N–H and O–H groups in total. The van der Waals surface area contributed by atoms with Crippen molar-refractivity contribution >= 4 is 33.1 Å². The van der Waals surface area contributed by atoms with Gasteiger partial charge in [-0.2, -0.15) is 0 Å². The van der Waals surface area contributed by atoms with Gasteiger partial charge in [0.05, 0.1) is 21.8 Å². The van der Waals surface area contributed by atoms with Crippen LogP contribution in [0.4, 0.5) is 5.69 Å². The summed E-state index contributed by atoms with van der Waals surface area (Å²) in [7, 11) is 1.66. The monoisotopic (exact) mass is 354 g/mol. The molecule has 0 radical (unpaired) electrons. The first-order chi connectivity index (χ1) is 12.2. The fraction of sp³-hybridized carbons (Fsp3) is 0.300. The van der Waals surface area contributed by atoms with Crippen LogP contribution in [-0.2, 0) is 22.6 Å². The molecule has 4 nitrogen and oxygen atoms in total. The van der Waals surface area contributed by atoms with Gasteiger partial charge in [0.25, 0.3) is 0 Å². The molecule has 0 aliphatic rings. The molecule has 3 aromatic rings. The Labute approximate surface area is 151 Å². The second kappa shape index (κ2) is 8.74. The van der Waals surface area contributed by atoms with Gasteiger partial charge in [0.1, 0.15) is 0 Å². The maximum absolute atomic E-state index is 12.1. The van der Waals surface area contributed by atoms with Crippen LogP contribution in [-0.4, -0.2) is 18.0 Å². The molecular weight excluding hydrogens is 332 g/mol. The van der Waals surface area contributed by atoms with Gasteiger partial charge < -0.3 is 10.1 Å². The van der Waals surface area contributed by atoms with Crippen molar-refractivity contribution < 1.29 is 9.53 Å². The number of anilines is 1. The van der Waals surface area contributed by atoms with Crippen molar-refractivity contribution in [2.45, 2.75) is 32.3 Å². The molecule has 0 spiro atoms. The van der Waals surface area contributed by atoms with E-state index in [1.807, 2.05) is 42.5 Å². The quantitative estimate of drug-likeness (QED) is 0.592. The van der Waals surface area contributed by atoms with Crippen molar-refractivity contribution in [3.05, 3.63) is 59.1 Å². The smallest absolute Gasteiger partial charge is 0.224 e. The van der Waals surface area contributed by atoms with Crippen molar-refractivity contribution in [3.8, 4) is 0 Å². The van der Waals surface area contributed by atoms with E-state index >= 15 is 0 Å². The Bertz CT molecular complexity index is 811. The van der Waals surface area contributed by atoms with E-state index in [0.29, 0.717) is 13.0 Å². The number of rotatable bonds is 8. The number of nitrogens with zero attached hydrogens (tertiary/aromatic N) is 1. The van der Waals surface area contributed by atoms with Gasteiger partial charge in [0, 0.05) is 19.2 Å². The van der Waals surface area contributed by atoms with Crippen LogP contribution in [0.2, 0.25) is 0 Å². The lowest BCUT2D eigenvalue weighted by Crippen LogP contribution is -2.11. The van der Waals surface area contributed by atoms with Crippen molar-refractivity contribution in [1.82, 2.24) is 4.98 Å². The Morgan fingerprint density at radius 2 is 2.04 bits per heavy atom. The number of benzene rings is 2. The van der Waals surface area contributed by atoms with Crippen LogP contribution in [0, 0.1) is 0 Å². The van der Waals surface area contributed by atoms with E-state index < -0.39 is 0 Å². The van der Waals surface area contributed by atoms with Crippen LogP contribution in [0.15, 0.2) is 48.5 Å². The van der Waals surface area contributed by atoms with Gasteiger partial charge >= 0.3 is 0 Å². The molecule has 0 bridgehead atoms. The predicted molar refractivity (Wildman–Crippen MR) is 103 cm³/mol. The number of ether oxygens (including phenoxy) is 1. The molecule has 0 aliphatic carbocycles. The van der Waals surface area contributed by atoms with Crippen molar-refractivity contribution in [2.75, 3.05) is 12.4 Å². The number of carbonyl (C=O) groups excluding carboxylic acids is 1. The van der Waals surface area contributed by atoms with Crippen LogP contribution in [0.1, 0.15) is 29.8 Å². The molecule has 0 atom stereocenters. The third-order valence-corrected chi connectivity index (χ3v) is 5.00. The average Bonchev–Trinajstić information content (AvgIpc) is 3.02. The zero-order valence-electron chi connectivity index (χ0n) is 14.3. The number of carbonyl (C=O) groups is 1. The fourth-order valence-corrected chi connectivity index (χ4v) is 3.73. The largest absolute Gasteiger partial charge is 0.380 e. The number of hydrogen-bond donors (Lipinski definition) is 1. The highest BCUT2D eigenvalue weighted by Crippen LogP contribution is 2.23. The van der Waals surface area contributed by atoms with Gasteiger partial charge in [0.2, 0.25) is 5.91 Å². The molecule has 25 heavy (non-hydrogen) atoms. The third kappa shape index (κ3) is 5.11. The Morgan fingerprint density at radius 1 is 1.16 bits per heavy atom. The minimum absolute atomic E-state index is 0.0545. The van der Waals surface area contributed by atoms with Gasteiger partial charge in [-0.25, -0.2) is 4.98 Å². The van der Waals surface area contributed by atoms with Crippen molar-refractivity contribution in [3.63, 3.8) is 0 Å². The van der Waals surface area contributed by atoms with Gasteiger partial charge in [-0.15, -0.1) is 11.3 Å². The van der Waals surface area contributed by atoms with E-state index in [4.69, 9.17) is 4.74 Å². The minimum atomic E-state index is 0.0545. The molecule has 1 heterocycles. The summed E-state index contributed by atoms with van der Waals surface area (Å²) in [5, 5.41) is 4.10. The van der Waals surface area contributed by atoms with Crippen LogP contribution in [0.3, 0.4) is 0 Å². The molecule has 0 saturated heterocycles. The lowest BCUT2D eigenvalue weighted by Gasteiger charge is -2.07. The lowest BCUT2D eigenvalue weighted by atomic mass is 10.1. The molecule has 0 fully saturated rings. The average molecular weight is 354 g/mol. The highest BCUT2D eigenvalue weighted by Gasteiger charge is 2.06. The molecule has 1 aromatic heterocycles.